The molecule has 1 fully saturated rings. The van der Waals surface area contributed by atoms with Crippen molar-refractivity contribution in [3.63, 3.8) is 0 Å². The fraction of sp³-hybridized carbons (Fsp3) is 0.714. The first-order chi connectivity index (χ1) is 7.50. The molecule has 2 heterocycles. The van der Waals surface area contributed by atoms with Gasteiger partial charge in [-0.2, -0.15) is 0 Å². The molecule has 2 unspecified atom stereocenters. The van der Waals surface area contributed by atoms with Crippen molar-refractivity contribution in [3.8, 4) is 0 Å². The molecule has 2 rings (SSSR count). The van der Waals surface area contributed by atoms with Crippen molar-refractivity contribution in [2.75, 3.05) is 11.5 Å². The molecular formula is C7H11N3O4S2. The topological polar surface area (TPSA) is 119 Å². The van der Waals surface area contributed by atoms with E-state index in [0.29, 0.717) is 0 Å². The SMILES string of the molecule is NCc1nnc(SC2CS(=O)(=O)CC2O)o1. The van der Waals surface area contributed by atoms with Crippen molar-refractivity contribution in [1.82, 2.24) is 10.2 Å². The monoisotopic (exact) mass is 265 g/mol. The van der Waals surface area contributed by atoms with Crippen molar-refractivity contribution in [2.45, 2.75) is 23.1 Å². The van der Waals surface area contributed by atoms with Crippen molar-refractivity contribution < 1.29 is 17.9 Å². The van der Waals surface area contributed by atoms with Crippen molar-refractivity contribution >= 4 is 21.6 Å². The molecule has 1 aliphatic rings. The summed E-state index contributed by atoms with van der Waals surface area (Å²) in [6.07, 6.45) is -0.886. The maximum atomic E-state index is 11.2. The van der Waals surface area contributed by atoms with Gasteiger partial charge in [-0.25, -0.2) is 8.42 Å². The number of hydrogen-bond donors (Lipinski definition) is 2. The van der Waals surface area contributed by atoms with E-state index in [2.05, 4.69) is 10.2 Å². The summed E-state index contributed by atoms with van der Waals surface area (Å²) in [4.78, 5) is 0. The molecule has 0 bridgehead atoms. The normalized spacial score (nSPS) is 28.4. The summed E-state index contributed by atoms with van der Waals surface area (Å²) in [6, 6.07) is 0. The van der Waals surface area contributed by atoms with Crippen LogP contribution in [0.3, 0.4) is 0 Å². The quantitative estimate of drug-likeness (QED) is 0.697. The van der Waals surface area contributed by atoms with Crippen molar-refractivity contribution in [2.24, 2.45) is 5.73 Å². The molecule has 1 saturated heterocycles. The lowest BCUT2D eigenvalue weighted by atomic mass is 10.3. The van der Waals surface area contributed by atoms with E-state index in [1.54, 1.807) is 0 Å². The van der Waals surface area contributed by atoms with E-state index >= 15 is 0 Å². The van der Waals surface area contributed by atoms with Crippen LogP contribution in [0.2, 0.25) is 0 Å². The third-order valence-corrected chi connectivity index (χ3v) is 5.22. The van der Waals surface area contributed by atoms with E-state index in [9.17, 15) is 13.5 Å². The number of hydrogen-bond acceptors (Lipinski definition) is 8. The molecule has 0 radical (unpaired) electrons. The third-order valence-electron chi connectivity index (χ3n) is 2.15. The Morgan fingerprint density at radius 2 is 2.25 bits per heavy atom. The van der Waals surface area contributed by atoms with E-state index in [-0.39, 0.29) is 29.2 Å². The number of aliphatic hydroxyl groups excluding tert-OH is 1. The molecular weight excluding hydrogens is 254 g/mol. The van der Waals surface area contributed by atoms with E-state index in [1.165, 1.54) is 0 Å². The van der Waals surface area contributed by atoms with Gasteiger partial charge in [0.1, 0.15) is 0 Å². The molecule has 1 aromatic rings. The summed E-state index contributed by atoms with van der Waals surface area (Å²) >= 11 is 1.07. The number of aliphatic hydroxyl groups is 1. The first kappa shape index (κ1) is 11.8. The van der Waals surface area contributed by atoms with Gasteiger partial charge in [-0.3, -0.25) is 0 Å². The highest BCUT2D eigenvalue weighted by molar-refractivity contribution is 8.01. The Balaban J connectivity index is 2.05. The van der Waals surface area contributed by atoms with E-state index < -0.39 is 21.2 Å². The van der Waals surface area contributed by atoms with Crippen LogP contribution in [0, 0.1) is 0 Å². The number of rotatable bonds is 3. The first-order valence-electron chi connectivity index (χ1n) is 4.58. The van der Waals surface area contributed by atoms with Crippen LogP contribution in [0.25, 0.3) is 0 Å². The molecule has 7 nitrogen and oxygen atoms in total. The molecule has 0 spiro atoms. The van der Waals surface area contributed by atoms with Crippen molar-refractivity contribution in [1.29, 1.82) is 0 Å². The van der Waals surface area contributed by atoms with Crippen LogP contribution >= 0.6 is 11.8 Å². The summed E-state index contributed by atoms with van der Waals surface area (Å²) < 4.78 is 27.6. The zero-order chi connectivity index (χ0) is 11.8. The summed E-state index contributed by atoms with van der Waals surface area (Å²) in [7, 11) is -3.15. The average Bonchev–Trinajstić information content (AvgIpc) is 2.72. The fourth-order valence-electron chi connectivity index (χ4n) is 1.41. The highest BCUT2D eigenvalue weighted by atomic mass is 32.2. The van der Waals surface area contributed by atoms with Gasteiger partial charge in [-0.05, 0) is 0 Å². The maximum absolute atomic E-state index is 11.2. The molecule has 16 heavy (non-hydrogen) atoms. The van der Waals surface area contributed by atoms with Crippen LogP contribution in [0.15, 0.2) is 9.64 Å². The Labute approximate surface area is 96.3 Å². The Morgan fingerprint density at radius 3 is 2.75 bits per heavy atom. The van der Waals surface area contributed by atoms with Crippen LogP contribution in [0.4, 0.5) is 0 Å². The summed E-state index contributed by atoms with van der Waals surface area (Å²) in [5.41, 5.74) is 5.29. The first-order valence-corrected chi connectivity index (χ1v) is 7.28. The zero-order valence-electron chi connectivity index (χ0n) is 8.24. The number of nitrogens with zero attached hydrogens (tertiary/aromatic N) is 2. The van der Waals surface area contributed by atoms with Gasteiger partial charge in [0.15, 0.2) is 9.84 Å². The Hall–Kier alpha value is -0.640. The molecule has 0 saturated carbocycles. The molecule has 0 aliphatic carbocycles. The second-order valence-corrected chi connectivity index (χ2v) is 6.81. The van der Waals surface area contributed by atoms with Crippen LogP contribution in [0.1, 0.15) is 5.89 Å². The Bertz CT molecular complexity index is 472. The summed E-state index contributed by atoms with van der Waals surface area (Å²) in [6.45, 7) is 0.138. The molecule has 9 heteroatoms. The second kappa shape index (κ2) is 4.32. The highest BCUT2D eigenvalue weighted by Gasteiger charge is 2.38. The van der Waals surface area contributed by atoms with Crippen LogP contribution < -0.4 is 5.73 Å². The number of nitrogens with two attached hydrogens (primary N) is 1. The van der Waals surface area contributed by atoms with Gasteiger partial charge in [-0.1, -0.05) is 11.8 Å². The summed E-state index contributed by atoms with van der Waals surface area (Å²) in [5, 5.41) is 16.7. The van der Waals surface area contributed by atoms with E-state index in [0.717, 1.165) is 11.8 Å². The van der Waals surface area contributed by atoms with Gasteiger partial charge < -0.3 is 15.3 Å². The van der Waals surface area contributed by atoms with Crippen LogP contribution in [-0.2, 0) is 16.4 Å². The lowest BCUT2D eigenvalue weighted by molar-refractivity contribution is 0.207. The molecule has 2 atom stereocenters. The van der Waals surface area contributed by atoms with E-state index in [4.69, 9.17) is 10.2 Å². The molecule has 1 aliphatic heterocycles. The molecule has 90 valence electrons. The minimum absolute atomic E-state index is 0.0703. The van der Waals surface area contributed by atoms with Gasteiger partial charge in [0.05, 0.1) is 29.4 Å². The highest BCUT2D eigenvalue weighted by Crippen LogP contribution is 2.30. The second-order valence-electron chi connectivity index (χ2n) is 3.47. The maximum Gasteiger partial charge on any atom is 0.277 e. The Morgan fingerprint density at radius 1 is 1.50 bits per heavy atom. The Kier molecular flexibility index (Phi) is 3.19. The van der Waals surface area contributed by atoms with Gasteiger partial charge in [0.2, 0.25) is 5.89 Å². The minimum atomic E-state index is -3.15. The predicted molar refractivity (Wildman–Crippen MR) is 56.5 cm³/mol. The molecule has 0 amide bonds. The lowest BCUT2D eigenvalue weighted by Crippen LogP contribution is -2.19. The van der Waals surface area contributed by atoms with Crippen molar-refractivity contribution in [3.05, 3.63) is 5.89 Å². The third kappa shape index (κ3) is 2.54. The van der Waals surface area contributed by atoms with Crippen LogP contribution in [-0.4, -0.2) is 46.6 Å². The molecule has 3 N–H and O–H groups in total. The lowest BCUT2D eigenvalue weighted by Gasteiger charge is -2.07. The van der Waals surface area contributed by atoms with Gasteiger partial charge in [0, 0.05) is 0 Å². The van der Waals surface area contributed by atoms with E-state index in [1.807, 2.05) is 0 Å². The van der Waals surface area contributed by atoms with Gasteiger partial charge in [-0.15, -0.1) is 10.2 Å². The molecule has 1 aromatic heterocycles. The largest absolute Gasteiger partial charge is 0.415 e. The zero-order valence-corrected chi connectivity index (χ0v) is 9.87. The fourth-order valence-corrected chi connectivity index (χ4v) is 4.78. The number of aromatic nitrogens is 2. The minimum Gasteiger partial charge on any atom is -0.415 e. The van der Waals surface area contributed by atoms with Gasteiger partial charge in [0.25, 0.3) is 5.22 Å². The predicted octanol–water partition coefficient (Wildman–Crippen LogP) is -1.22. The summed E-state index contributed by atoms with van der Waals surface area (Å²) in [5.74, 6) is 0.0136. The standard InChI is InChI=1S/C7H11N3O4S2/c8-1-6-9-10-7(14-6)15-5-3-16(12,13)2-4(5)11/h4-5,11H,1-3,8H2. The molecule has 0 aromatic carbocycles. The average molecular weight is 265 g/mol. The van der Waals surface area contributed by atoms with Crippen LogP contribution in [0.5, 0.6) is 0 Å². The van der Waals surface area contributed by atoms with Gasteiger partial charge >= 0.3 is 0 Å². The number of thioether (sulfide) groups is 1. The smallest absolute Gasteiger partial charge is 0.277 e. The number of sulfone groups is 1.